The Hall–Kier alpha value is -2.33. The Balaban J connectivity index is 1.61. The van der Waals surface area contributed by atoms with Crippen LogP contribution in [0.4, 0.5) is 5.13 Å². The number of carbonyl (C=O) groups is 2. The molecule has 0 aliphatic carbocycles. The quantitative estimate of drug-likeness (QED) is 0.463. The van der Waals surface area contributed by atoms with E-state index >= 15 is 0 Å². The van der Waals surface area contributed by atoms with Crippen LogP contribution < -0.4 is 14.8 Å². The standard InChI is InChI=1S/C15H15N3O5S2/c1-3-21-13(20)8(2)24-15-18-17-14(25-15)16-12(19)9-4-5-10-11(6-9)23-7-22-10/h4-6,8H,3,7H2,1-2H3,(H,16,17,19)/t8-/m0/s1. The monoisotopic (exact) mass is 381 g/mol. The molecule has 3 rings (SSSR count). The maximum atomic E-state index is 12.3. The number of rotatable bonds is 6. The topological polar surface area (TPSA) is 99.6 Å². The third-order valence-electron chi connectivity index (χ3n) is 3.16. The molecule has 1 aliphatic rings. The van der Waals surface area contributed by atoms with Crippen molar-refractivity contribution in [3.05, 3.63) is 23.8 Å². The second-order valence-electron chi connectivity index (χ2n) is 4.91. The Labute approximate surface area is 151 Å². The number of esters is 1. The van der Waals surface area contributed by atoms with Crippen LogP contribution in [0.15, 0.2) is 22.5 Å². The summed E-state index contributed by atoms with van der Waals surface area (Å²) < 4.78 is 16.0. The number of benzene rings is 1. The summed E-state index contributed by atoms with van der Waals surface area (Å²) in [5.41, 5.74) is 0.425. The maximum absolute atomic E-state index is 12.3. The van der Waals surface area contributed by atoms with Crippen molar-refractivity contribution in [2.75, 3.05) is 18.7 Å². The smallest absolute Gasteiger partial charge is 0.319 e. The molecule has 10 heteroatoms. The van der Waals surface area contributed by atoms with Gasteiger partial charge in [-0.05, 0) is 32.0 Å². The lowest BCUT2D eigenvalue weighted by molar-refractivity contribution is -0.142. The van der Waals surface area contributed by atoms with E-state index in [0.717, 1.165) is 0 Å². The van der Waals surface area contributed by atoms with Crippen LogP contribution in [0.1, 0.15) is 24.2 Å². The first kappa shape index (κ1) is 17.5. The fraction of sp³-hybridized carbons (Fsp3) is 0.333. The van der Waals surface area contributed by atoms with Crippen LogP contribution in [-0.4, -0.2) is 40.7 Å². The number of aromatic nitrogens is 2. The summed E-state index contributed by atoms with van der Waals surface area (Å²) in [5.74, 6) is 0.501. The van der Waals surface area contributed by atoms with E-state index in [1.54, 1.807) is 32.0 Å². The zero-order chi connectivity index (χ0) is 17.8. The zero-order valence-corrected chi connectivity index (χ0v) is 15.1. The third kappa shape index (κ3) is 4.20. The van der Waals surface area contributed by atoms with Gasteiger partial charge in [-0.2, -0.15) is 0 Å². The highest BCUT2D eigenvalue weighted by Gasteiger charge is 2.20. The van der Waals surface area contributed by atoms with E-state index < -0.39 is 5.25 Å². The van der Waals surface area contributed by atoms with Crippen molar-refractivity contribution in [2.45, 2.75) is 23.4 Å². The van der Waals surface area contributed by atoms with Gasteiger partial charge in [-0.1, -0.05) is 23.1 Å². The van der Waals surface area contributed by atoms with Gasteiger partial charge in [0.15, 0.2) is 15.8 Å². The van der Waals surface area contributed by atoms with Gasteiger partial charge in [-0.15, -0.1) is 10.2 Å². The molecule has 25 heavy (non-hydrogen) atoms. The summed E-state index contributed by atoms with van der Waals surface area (Å²) in [5, 5.41) is 10.5. The molecule has 132 valence electrons. The van der Waals surface area contributed by atoms with Crippen molar-refractivity contribution in [1.29, 1.82) is 0 Å². The first-order valence-corrected chi connectivity index (χ1v) is 9.14. The summed E-state index contributed by atoms with van der Waals surface area (Å²) in [4.78, 5) is 23.9. The lowest BCUT2D eigenvalue weighted by Gasteiger charge is -2.06. The summed E-state index contributed by atoms with van der Waals surface area (Å²) in [6.45, 7) is 3.96. The number of hydrogen-bond acceptors (Lipinski definition) is 9. The van der Waals surface area contributed by atoms with Gasteiger partial charge >= 0.3 is 5.97 Å². The molecule has 0 bridgehead atoms. The van der Waals surface area contributed by atoms with Crippen LogP contribution in [0, 0.1) is 0 Å². The molecule has 0 spiro atoms. The second-order valence-corrected chi connectivity index (χ2v) is 7.47. The van der Waals surface area contributed by atoms with Gasteiger partial charge < -0.3 is 14.2 Å². The molecule has 1 aromatic heterocycles. The second kappa shape index (κ2) is 7.70. The predicted molar refractivity (Wildman–Crippen MR) is 92.4 cm³/mol. The van der Waals surface area contributed by atoms with E-state index in [1.807, 2.05) is 0 Å². The summed E-state index contributed by atoms with van der Waals surface area (Å²) >= 11 is 2.42. The van der Waals surface area contributed by atoms with Gasteiger partial charge in [0.1, 0.15) is 5.25 Å². The van der Waals surface area contributed by atoms with Gasteiger partial charge in [-0.3, -0.25) is 14.9 Å². The normalized spacial score (nSPS) is 13.4. The Morgan fingerprint density at radius 1 is 1.36 bits per heavy atom. The molecule has 0 saturated carbocycles. The number of nitrogens with one attached hydrogen (secondary N) is 1. The Morgan fingerprint density at radius 2 is 2.16 bits per heavy atom. The zero-order valence-electron chi connectivity index (χ0n) is 13.5. The minimum absolute atomic E-state index is 0.149. The number of anilines is 1. The molecule has 0 saturated heterocycles. The number of thioether (sulfide) groups is 1. The number of nitrogens with zero attached hydrogens (tertiary/aromatic N) is 2. The molecule has 0 fully saturated rings. The fourth-order valence-corrected chi connectivity index (χ4v) is 3.86. The molecule has 1 aromatic carbocycles. The molecule has 1 N–H and O–H groups in total. The minimum atomic E-state index is -0.398. The van der Waals surface area contributed by atoms with Gasteiger partial charge in [0, 0.05) is 5.56 Å². The Kier molecular flexibility index (Phi) is 5.39. The molecule has 2 heterocycles. The average Bonchev–Trinajstić information content (AvgIpc) is 3.23. The molecule has 8 nitrogen and oxygen atoms in total. The molecule has 1 aliphatic heterocycles. The number of hydrogen-bond donors (Lipinski definition) is 1. The van der Waals surface area contributed by atoms with E-state index in [9.17, 15) is 9.59 Å². The van der Waals surface area contributed by atoms with Crippen molar-refractivity contribution in [2.24, 2.45) is 0 Å². The van der Waals surface area contributed by atoms with Crippen LogP contribution in [0.2, 0.25) is 0 Å². The SMILES string of the molecule is CCOC(=O)[C@H](C)Sc1nnc(NC(=O)c2ccc3c(c2)OCO3)s1. The number of carbonyl (C=O) groups excluding carboxylic acids is 2. The number of fused-ring (bicyclic) bond motifs is 1. The van der Waals surface area contributed by atoms with Crippen LogP contribution >= 0.6 is 23.1 Å². The fourth-order valence-electron chi connectivity index (χ4n) is 1.97. The maximum Gasteiger partial charge on any atom is 0.319 e. The molecule has 0 radical (unpaired) electrons. The highest BCUT2D eigenvalue weighted by Crippen LogP contribution is 2.33. The lowest BCUT2D eigenvalue weighted by Crippen LogP contribution is -2.16. The van der Waals surface area contributed by atoms with Crippen LogP contribution in [-0.2, 0) is 9.53 Å². The summed E-state index contributed by atoms with van der Waals surface area (Å²) in [6, 6.07) is 4.93. The first-order valence-electron chi connectivity index (χ1n) is 7.44. The highest BCUT2D eigenvalue weighted by atomic mass is 32.2. The largest absolute Gasteiger partial charge is 0.465 e. The molecular formula is C15H15N3O5S2. The first-order chi connectivity index (χ1) is 12.1. The molecule has 0 unspecified atom stereocenters. The number of amides is 1. The Bertz CT molecular complexity index is 795. The van der Waals surface area contributed by atoms with Crippen molar-refractivity contribution in [1.82, 2.24) is 10.2 Å². The van der Waals surface area contributed by atoms with Gasteiger partial charge in [0.25, 0.3) is 5.91 Å². The van der Waals surface area contributed by atoms with Crippen molar-refractivity contribution in [3.8, 4) is 11.5 Å². The molecule has 2 aromatic rings. The molecular weight excluding hydrogens is 366 g/mol. The van der Waals surface area contributed by atoms with Gasteiger partial charge in [0.2, 0.25) is 11.9 Å². The van der Waals surface area contributed by atoms with Crippen LogP contribution in [0.25, 0.3) is 0 Å². The van der Waals surface area contributed by atoms with E-state index in [4.69, 9.17) is 14.2 Å². The third-order valence-corrected chi connectivity index (χ3v) is 5.16. The van der Waals surface area contributed by atoms with E-state index in [2.05, 4.69) is 15.5 Å². The van der Waals surface area contributed by atoms with Crippen molar-refractivity contribution >= 4 is 40.1 Å². The van der Waals surface area contributed by atoms with Crippen molar-refractivity contribution in [3.63, 3.8) is 0 Å². The molecule has 1 amide bonds. The van der Waals surface area contributed by atoms with Crippen LogP contribution in [0.3, 0.4) is 0 Å². The Morgan fingerprint density at radius 3 is 2.96 bits per heavy atom. The summed E-state index contributed by atoms with van der Waals surface area (Å²) in [6.07, 6.45) is 0. The highest BCUT2D eigenvalue weighted by molar-refractivity contribution is 8.02. The van der Waals surface area contributed by atoms with Gasteiger partial charge in [-0.25, -0.2) is 0 Å². The lowest BCUT2D eigenvalue weighted by atomic mass is 10.2. The van der Waals surface area contributed by atoms with Gasteiger partial charge in [0.05, 0.1) is 6.61 Å². The van der Waals surface area contributed by atoms with Crippen LogP contribution in [0.5, 0.6) is 11.5 Å². The van der Waals surface area contributed by atoms with E-state index in [0.29, 0.717) is 33.1 Å². The minimum Gasteiger partial charge on any atom is -0.465 e. The summed E-state index contributed by atoms with van der Waals surface area (Å²) in [7, 11) is 0. The van der Waals surface area contributed by atoms with Crippen molar-refractivity contribution < 1.29 is 23.8 Å². The number of ether oxygens (including phenoxy) is 3. The molecule has 1 atom stereocenters. The van der Waals surface area contributed by atoms with E-state index in [1.165, 1.54) is 23.1 Å². The van der Waals surface area contributed by atoms with E-state index in [-0.39, 0.29) is 18.7 Å². The average molecular weight is 381 g/mol. The predicted octanol–water partition coefficient (Wildman–Crippen LogP) is 2.56.